The fourth-order valence-corrected chi connectivity index (χ4v) is 3.98. The Labute approximate surface area is 124 Å². The maximum absolute atomic E-state index is 4.59. The topological polar surface area (TPSA) is 29.9 Å². The van der Waals surface area contributed by atoms with E-state index in [9.17, 15) is 0 Å². The van der Waals surface area contributed by atoms with Gasteiger partial charge >= 0.3 is 0 Å². The Morgan fingerprint density at radius 1 is 1.45 bits per heavy atom. The molecule has 1 saturated carbocycles. The van der Waals surface area contributed by atoms with Gasteiger partial charge in [0.25, 0.3) is 0 Å². The Bertz CT molecular complexity index is 433. The van der Waals surface area contributed by atoms with E-state index in [1.165, 1.54) is 25.0 Å². The first-order chi connectivity index (χ1) is 9.47. The molecule has 0 bridgehead atoms. The SMILES string of the molecule is CCNC(Cc1cc(C)nn1CC)C1CCCC1(C)C. The lowest BCUT2D eigenvalue weighted by Crippen LogP contribution is -2.42. The molecule has 1 N–H and O–H groups in total. The summed E-state index contributed by atoms with van der Waals surface area (Å²) in [4.78, 5) is 0. The minimum Gasteiger partial charge on any atom is -0.314 e. The quantitative estimate of drug-likeness (QED) is 0.861. The van der Waals surface area contributed by atoms with Gasteiger partial charge in [0.05, 0.1) is 5.69 Å². The van der Waals surface area contributed by atoms with Crippen LogP contribution in [-0.2, 0) is 13.0 Å². The second-order valence-electron chi connectivity index (χ2n) is 6.95. The van der Waals surface area contributed by atoms with Crippen molar-refractivity contribution in [3.05, 3.63) is 17.5 Å². The van der Waals surface area contributed by atoms with Crippen LogP contribution in [0.5, 0.6) is 0 Å². The summed E-state index contributed by atoms with van der Waals surface area (Å²) in [6.45, 7) is 13.4. The Kier molecular flexibility index (Phi) is 4.90. The van der Waals surface area contributed by atoms with Crippen LogP contribution in [0.2, 0.25) is 0 Å². The molecule has 20 heavy (non-hydrogen) atoms. The van der Waals surface area contributed by atoms with Gasteiger partial charge in [0.15, 0.2) is 0 Å². The average Bonchev–Trinajstić information content (AvgIpc) is 2.91. The number of nitrogens with zero attached hydrogens (tertiary/aromatic N) is 2. The standard InChI is InChI=1S/C17H31N3/c1-6-18-16(15-9-8-10-17(15,4)5)12-14-11-13(3)19-20(14)7-2/h11,15-16,18H,6-10,12H2,1-5H3. The van der Waals surface area contributed by atoms with Crippen LogP contribution in [0.3, 0.4) is 0 Å². The molecule has 1 aliphatic carbocycles. The average molecular weight is 277 g/mol. The lowest BCUT2D eigenvalue weighted by atomic mass is 9.76. The zero-order valence-electron chi connectivity index (χ0n) is 13.9. The molecule has 2 unspecified atom stereocenters. The number of rotatable bonds is 6. The van der Waals surface area contributed by atoms with E-state index in [2.05, 4.69) is 55.8 Å². The summed E-state index contributed by atoms with van der Waals surface area (Å²) in [5.41, 5.74) is 3.00. The molecular formula is C17H31N3. The molecule has 3 nitrogen and oxygen atoms in total. The Hall–Kier alpha value is -0.830. The van der Waals surface area contributed by atoms with E-state index in [-0.39, 0.29) is 0 Å². The van der Waals surface area contributed by atoms with Gasteiger partial charge in [-0.15, -0.1) is 0 Å². The third kappa shape index (κ3) is 3.25. The maximum atomic E-state index is 4.59. The predicted molar refractivity (Wildman–Crippen MR) is 84.9 cm³/mol. The smallest absolute Gasteiger partial charge is 0.0596 e. The van der Waals surface area contributed by atoms with E-state index in [0.29, 0.717) is 11.5 Å². The lowest BCUT2D eigenvalue weighted by molar-refractivity contribution is 0.195. The van der Waals surface area contributed by atoms with Gasteiger partial charge in [0, 0.05) is 24.7 Å². The van der Waals surface area contributed by atoms with Crippen molar-refractivity contribution in [3.8, 4) is 0 Å². The van der Waals surface area contributed by atoms with Crippen molar-refractivity contribution in [3.63, 3.8) is 0 Å². The van der Waals surface area contributed by atoms with Gasteiger partial charge in [-0.25, -0.2) is 0 Å². The van der Waals surface area contributed by atoms with E-state index in [4.69, 9.17) is 0 Å². The molecule has 0 amide bonds. The zero-order chi connectivity index (χ0) is 14.8. The van der Waals surface area contributed by atoms with Gasteiger partial charge in [0.1, 0.15) is 0 Å². The van der Waals surface area contributed by atoms with Crippen molar-refractivity contribution in [2.45, 2.75) is 72.9 Å². The molecule has 0 aromatic carbocycles. The minimum absolute atomic E-state index is 0.471. The predicted octanol–water partition coefficient (Wildman–Crippen LogP) is 3.56. The molecule has 1 heterocycles. The highest BCUT2D eigenvalue weighted by Gasteiger charge is 2.39. The van der Waals surface area contributed by atoms with Crippen molar-refractivity contribution in [1.29, 1.82) is 0 Å². The molecule has 1 aromatic rings. The second kappa shape index (κ2) is 6.30. The van der Waals surface area contributed by atoms with Crippen LogP contribution >= 0.6 is 0 Å². The molecule has 0 aliphatic heterocycles. The first-order valence-corrected chi connectivity index (χ1v) is 8.24. The second-order valence-corrected chi connectivity index (χ2v) is 6.95. The summed E-state index contributed by atoms with van der Waals surface area (Å²) < 4.78 is 2.17. The number of hydrogen-bond acceptors (Lipinski definition) is 2. The van der Waals surface area contributed by atoms with Gasteiger partial charge in [-0.3, -0.25) is 4.68 Å². The first-order valence-electron chi connectivity index (χ1n) is 8.24. The molecule has 1 aromatic heterocycles. The molecule has 0 saturated heterocycles. The highest BCUT2D eigenvalue weighted by atomic mass is 15.3. The van der Waals surface area contributed by atoms with Gasteiger partial charge in [0.2, 0.25) is 0 Å². The fourth-order valence-electron chi connectivity index (χ4n) is 3.98. The third-order valence-electron chi connectivity index (χ3n) is 5.01. The summed E-state index contributed by atoms with van der Waals surface area (Å²) in [5, 5.41) is 8.34. The number of aryl methyl sites for hydroxylation is 2. The van der Waals surface area contributed by atoms with Gasteiger partial charge in [-0.2, -0.15) is 5.10 Å². The van der Waals surface area contributed by atoms with E-state index < -0.39 is 0 Å². The van der Waals surface area contributed by atoms with Crippen LogP contribution in [0.4, 0.5) is 0 Å². The largest absolute Gasteiger partial charge is 0.314 e. The van der Waals surface area contributed by atoms with Crippen molar-refractivity contribution in [2.75, 3.05) is 6.54 Å². The van der Waals surface area contributed by atoms with E-state index in [0.717, 1.165) is 31.1 Å². The third-order valence-corrected chi connectivity index (χ3v) is 5.01. The molecule has 114 valence electrons. The molecule has 2 rings (SSSR count). The molecular weight excluding hydrogens is 246 g/mol. The molecule has 2 atom stereocenters. The molecule has 1 fully saturated rings. The normalized spacial score (nSPS) is 23.1. The van der Waals surface area contributed by atoms with Crippen molar-refractivity contribution in [2.24, 2.45) is 11.3 Å². The Balaban J connectivity index is 2.16. The number of nitrogens with one attached hydrogen (secondary N) is 1. The summed E-state index contributed by atoms with van der Waals surface area (Å²) in [6, 6.07) is 2.84. The summed E-state index contributed by atoms with van der Waals surface area (Å²) in [7, 11) is 0. The van der Waals surface area contributed by atoms with Crippen molar-refractivity contribution < 1.29 is 0 Å². The highest BCUT2D eigenvalue weighted by Crippen LogP contribution is 2.44. The van der Waals surface area contributed by atoms with E-state index >= 15 is 0 Å². The number of likely N-dealkylation sites (N-methyl/N-ethyl adjacent to an activating group) is 1. The summed E-state index contributed by atoms with van der Waals surface area (Å²) >= 11 is 0. The number of aromatic nitrogens is 2. The zero-order valence-corrected chi connectivity index (χ0v) is 13.9. The van der Waals surface area contributed by atoms with Crippen molar-refractivity contribution >= 4 is 0 Å². The van der Waals surface area contributed by atoms with Crippen LogP contribution in [0, 0.1) is 18.3 Å². The van der Waals surface area contributed by atoms with Gasteiger partial charge in [-0.1, -0.05) is 27.2 Å². The van der Waals surface area contributed by atoms with Gasteiger partial charge in [-0.05, 0) is 50.6 Å². The highest BCUT2D eigenvalue weighted by molar-refractivity contribution is 5.11. The Morgan fingerprint density at radius 2 is 2.20 bits per heavy atom. The molecule has 3 heteroatoms. The van der Waals surface area contributed by atoms with Crippen LogP contribution in [0.25, 0.3) is 0 Å². The first kappa shape index (κ1) is 15.6. The van der Waals surface area contributed by atoms with Crippen LogP contribution < -0.4 is 5.32 Å². The van der Waals surface area contributed by atoms with E-state index in [1.54, 1.807) is 0 Å². The molecule has 0 radical (unpaired) electrons. The minimum atomic E-state index is 0.471. The Morgan fingerprint density at radius 3 is 2.75 bits per heavy atom. The maximum Gasteiger partial charge on any atom is 0.0596 e. The van der Waals surface area contributed by atoms with Crippen molar-refractivity contribution in [1.82, 2.24) is 15.1 Å². The number of hydrogen-bond donors (Lipinski definition) is 1. The molecule has 1 aliphatic rings. The van der Waals surface area contributed by atoms with Gasteiger partial charge < -0.3 is 5.32 Å². The lowest BCUT2D eigenvalue weighted by Gasteiger charge is -2.35. The summed E-state index contributed by atoms with van der Waals surface area (Å²) in [6.07, 6.45) is 5.22. The monoisotopic (exact) mass is 277 g/mol. The van der Waals surface area contributed by atoms with Crippen LogP contribution in [-0.4, -0.2) is 22.4 Å². The van der Waals surface area contributed by atoms with Crippen LogP contribution in [0.15, 0.2) is 6.07 Å². The molecule has 0 spiro atoms. The van der Waals surface area contributed by atoms with Crippen LogP contribution in [0.1, 0.15) is 58.3 Å². The fraction of sp³-hybridized carbons (Fsp3) is 0.824. The summed E-state index contributed by atoms with van der Waals surface area (Å²) in [5.74, 6) is 0.781. The van der Waals surface area contributed by atoms with E-state index in [1.807, 2.05) is 0 Å².